The average Bonchev–Trinajstić information content (AvgIpc) is 2.31. The van der Waals surface area contributed by atoms with Crippen LogP contribution in [0.25, 0.3) is 0 Å². The summed E-state index contributed by atoms with van der Waals surface area (Å²) in [5.74, 6) is -0.144. The molecule has 0 saturated carbocycles. The minimum Gasteiger partial charge on any atom is -0.508 e. The second-order valence-electron chi connectivity index (χ2n) is 3.13. The molecule has 5 heteroatoms. The van der Waals surface area contributed by atoms with Crippen molar-refractivity contribution in [3.8, 4) is 5.75 Å². The molecular formula is C11H9N3O2. The molecule has 1 amide bonds. The van der Waals surface area contributed by atoms with E-state index in [4.69, 9.17) is 5.11 Å². The predicted octanol–water partition coefficient (Wildman–Crippen LogP) is 1.43. The molecule has 0 atom stereocenters. The minimum atomic E-state index is -0.269. The summed E-state index contributed by atoms with van der Waals surface area (Å²) in [5.41, 5.74) is 0.988. The van der Waals surface area contributed by atoms with Crippen molar-refractivity contribution in [3.05, 3.63) is 48.5 Å². The fraction of sp³-hybridized carbons (Fsp3) is 0. The lowest BCUT2D eigenvalue weighted by molar-refractivity contribution is 0.102. The zero-order chi connectivity index (χ0) is 11.4. The largest absolute Gasteiger partial charge is 0.508 e. The standard InChI is InChI=1S/C11H9N3O2/c15-10-3-1-8(2-4-10)11(16)14-9-5-12-7-13-6-9/h1-7,15H,(H,14,16). The summed E-state index contributed by atoms with van der Waals surface area (Å²) in [6.07, 6.45) is 4.40. The van der Waals surface area contributed by atoms with Crippen molar-refractivity contribution in [2.24, 2.45) is 0 Å². The first kappa shape index (κ1) is 10.1. The van der Waals surface area contributed by atoms with Crippen LogP contribution in [0.1, 0.15) is 10.4 Å². The van der Waals surface area contributed by atoms with Gasteiger partial charge in [0, 0.05) is 5.56 Å². The van der Waals surface area contributed by atoms with E-state index < -0.39 is 0 Å². The Morgan fingerprint density at radius 2 is 1.75 bits per heavy atom. The molecule has 0 spiro atoms. The van der Waals surface area contributed by atoms with E-state index in [2.05, 4.69) is 15.3 Å². The van der Waals surface area contributed by atoms with Gasteiger partial charge in [-0.25, -0.2) is 9.97 Å². The highest BCUT2D eigenvalue weighted by atomic mass is 16.3. The normalized spacial score (nSPS) is 9.75. The monoisotopic (exact) mass is 215 g/mol. The molecule has 2 N–H and O–H groups in total. The Morgan fingerprint density at radius 1 is 1.12 bits per heavy atom. The van der Waals surface area contributed by atoms with E-state index in [1.807, 2.05) is 0 Å². The number of rotatable bonds is 2. The Morgan fingerprint density at radius 3 is 2.38 bits per heavy atom. The topological polar surface area (TPSA) is 75.1 Å². The molecule has 0 aliphatic heterocycles. The van der Waals surface area contributed by atoms with Gasteiger partial charge < -0.3 is 10.4 Å². The fourth-order valence-electron chi connectivity index (χ4n) is 1.18. The van der Waals surface area contributed by atoms with Crippen LogP contribution < -0.4 is 5.32 Å². The second-order valence-corrected chi connectivity index (χ2v) is 3.13. The van der Waals surface area contributed by atoms with Crippen molar-refractivity contribution < 1.29 is 9.90 Å². The maximum atomic E-state index is 11.7. The first-order valence-electron chi connectivity index (χ1n) is 4.61. The van der Waals surface area contributed by atoms with Crippen LogP contribution in [0.4, 0.5) is 5.69 Å². The molecule has 0 unspecified atom stereocenters. The van der Waals surface area contributed by atoms with Gasteiger partial charge in [0.15, 0.2) is 0 Å². The molecule has 1 heterocycles. The molecule has 0 bridgehead atoms. The number of carbonyl (C=O) groups excluding carboxylic acids is 1. The summed E-state index contributed by atoms with van der Waals surface area (Å²) < 4.78 is 0. The Bertz CT molecular complexity index is 482. The summed E-state index contributed by atoms with van der Waals surface area (Å²) in [7, 11) is 0. The van der Waals surface area contributed by atoms with Gasteiger partial charge in [0.1, 0.15) is 12.1 Å². The quantitative estimate of drug-likeness (QED) is 0.794. The molecule has 0 radical (unpaired) electrons. The average molecular weight is 215 g/mol. The number of aromatic hydroxyl groups is 1. The summed E-state index contributed by atoms with van der Waals surface area (Å²) in [4.78, 5) is 19.2. The van der Waals surface area contributed by atoms with Gasteiger partial charge in [0.05, 0.1) is 18.1 Å². The van der Waals surface area contributed by atoms with Crippen molar-refractivity contribution in [2.45, 2.75) is 0 Å². The molecule has 0 saturated heterocycles. The van der Waals surface area contributed by atoms with Gasteiger partial charge in [-0.2, -0.15) is 0 Å². The molecule has 0 fully saturated rings. The number of aromatic nitrogens is 2. The zero-order valence-corrected chi connectivity index (χ0v) is 8.29. The number of nitrogens with one attached hydrogen (secondary N) is 1. The molecular weight excluding hydrogens is 206 g/mol. The zero-order valence-electron chi connectivity index (χ0n) is 8.29. The number of benzene rings is 1. The molecule has 5 nitrogen and oxygen atoms in total. The highest BCUT2D eigenvalue weighted by Gasteiger charge is 2.05. The van der Waals surface area contributed by atoms with E-state index >= 15 is 0 Å². The Balaban J connectivity index is 2.12. The number of phenolic OH excluding ortho intramolecular Hbond substituents is 1. The first-order chi connectivity index (χ1) is 7.75. The van der Waals surface area contributed by atoms with Crippen molar-refractivity contribution in [3.63, 3.8) is 0 Å². The minimum absolute atomic E-state index is 0.125. The number of carbonyl (C=O) groups is 1. The molecule has 16 heavy (non-hydrogen) atoms. The van der Waals surface area contributed by atoms with E-state index in [0.29, 0.717) is 11.3 Å². The van der Waals surface area contributed by atoms with Crippen LogP contribution in [-0.4, -0.2) is 21.0 Å². The number of hydrogen-bond donors (Lipinski definition) is 2. The SMILES string of the molecule is O=C(Nc1cncnc1)c1ccc(O)cc1. The van der Waals surface area contributed by atoms with E-state index in [0.717, 1.165) is 0 Å². The highest BCUT2D eigenvalue weighted by Crippen LogP contribution is 2.11. The smallest absolute Gasteiger partial charge is 0.255 e. The van der Waals surface area contributed by atoms with Crippen LogP contribution in [0, 0.1) is 0 Å². The molecule has 0 aliphatic carbocycles. The van der Waals surface area contributed by atoms with Gasteiger partial charge in [0.25, 0.3) is 5.91 Å². The fourth-order valence-corrected chi connectivity index (χ4v) is 1.18. The van der Waals surface area contributed by atoms with Gasteiger partial charge in [-0.15, -0.1) is 0 Å². The molecule has 2 rings (SSSR count). The van der Waals surface area contributed by atoms with E-state index in [-0.39, 0.29) is 11.7 Å². The van der Waals surface area contributed by atoms with E-state index in [1.54, 1.807) is 0 Å². The number of nitrogens with zero attached hydrogens (tertiary/aromatic N) is 2. The van der Waals surface area contributed by atoms with Crippen LogP contribution in [0.15, 0.2) is 43.0 Å². The van der Waals surface area contributed by atoms with Crippen molar-refractivity contribution in [2.75, 3.05) is 5.32 Å². The Kier molecular flexibility index (Phi) is 2.77. The van der Waals surface area contributed by atoms with Crippen LogP contribution in [-0.2, 0) is 0 Å². The maximum absolute atomic E-state index is 11.7. The lowest BCUT2D eigenvalue weighted by atomic mass is 10.2. The van der Waals surface area contributed by atoms with Gasteiger partial charge in [-0.05, 0) is 24.3 Å². The van der Waals surface area contributed by atoms with E-state index in [1.165, 1.54) is 43.0 Å². The van der Waals surface area contributed by atoms with Gasteiger partial charge in [0.2, 0.25) is 0 Å². The van der Waals surface area contributed by atoms with Crippen molar-refractivity contribution in [1.82, 2.24) is 9.97 Å². The predicted molar refractivity (Wildman–Crippen MR) is 58.1 cm³/mol. The summed E-state index contributed by atoms with van der Waals surface area (Å²) in [6, 6.07) is 5.98. The van der Waals surface area contributed by atoms with Crippen LogP contribution in [0.2, 0.25) is 0 Å². The number of phenols is 1. The Labute approximate surface area is 91.8 Å². The van der Waals surface area contributed by atoms with Crippen molar-refractivity contribution in [1.29, 1.82) is 0 Å². The molecule has 2 aromatic rings. The van der Waals surface area contributed by atoms with E-state index in [9.17, 15) is 4.79 Å². The summed E-state index contributed by atoms with van der Waals surface area (Å²) in [5, 5.41) is 11.7. The number of hydrogen-bond acceptors (Lipinski definition) is 4. The molecule has 80 valence electrons. The van der Waals surface area contributed by atoms with Crippen LogP contribution >= 0.6 is 0 Å². The lowest BCUT2D eigenvalue weighted by Gasteiger charge is -2.03. The van der Waals surface area contributed by atoms with Crippen LogP contribution in [0.3, 0.4) is 0 Å². The second kappa shape index (κ2) is 4.39. The third-order valence-electron chi connectivity index (χ3n) is 1.95. The third-order valence-corrected chi connectivity index (χ3v) is 1.95. The maximum Gasteiger partial charge on any atom is 0.255 e. The molecule has 1 aromatic carbocycles. The summed E-state index contributed by atoms with van der Waals surface area (Å²) >= 11 is 0. The highest BCUT2D eigenvalue weighted by molar-refractivity contribution is 6.04. The molecule has 1 aromatic heterocycles. The number of anilines is 1. The Hall–Kier alpha value is -2.43. The number of amides is 1. The first-order valence-corrected chi connectivity index (χ1v) is 4.61. The third kappa shape index (κ3) is 2.33. The van der Waals surface area contributed by atoms with Crippen molar-refractivity contribution >= 4 is 11.6 Å². The van der Waals surface area contributed by atoms with Crippen LogP contribution in [0.5, 0.6) is 5.75 Å². The molecule has 0 aliphatic rings. The summed E-state index contributed by atoms with van der Waals surface area (Å²) in [6.45, 7) is 0. The van der Waals surface area contributed by atoms with Gasteiger partial charge in [-0.1, -0.05) is 0 Å². The lowest BCUT2D eigenvalue weighted by Crippen LogP contribution is -2.11. The van der Waals surface area contributed by atoms with Gasteiger partial charge in [-0.3, -0.25) is 4.79 Å². The van der Waals surface area contributed by atoms with Gasteiger partial charge >= 0.3 is 0 Å².